The van der Waals surface area contributed by atoms with Gasteiger partial charge in [-0.25, -0.2) is 0 Å². The first-order valence-electron chi connectivity index (χ1n) is 4.55. The zero-order chi connectivity index (χ0) is 11.4. The van der Waals surface area contributed by atoms with Gasteiger partial charge in [-0.05, 0) is 12.1 Å². The summed E-state index contributed by atoms with van der Waals surface area (Å²) in [6, 6.07) is 2.99. The molecule has 0 saturated carbocycles. The fourth-order valence-electron chi connectivity index (χ4n) is 1.37. The highest BCUT2D eigenvalue weighted by atomic mass is 16.5. The van der Waals surface area contributed by atoms with E-state index in [1.807, 2.05) is 0 Å². The first-order valence-corrected chi connectivity index (χ1v) is 4.55. The molecule has 84 valence electrons. The van der Waals surface area contributed by atoms with Gasteiger partial charge in [0.1, 0.15) is 0 Å². The molecule has 0 unspecified atom stereocenters. The summed E-state index contributed by atoms with van der Waals surface area (Å²) < 4.78 is 10.0. The highest BCUT2D eigenvalue weighted by molar-refractivity contribution is 5.55. The molecular formula is C10H16N2O3. The molecule has 0 heterocycles. The summed E-state index contributed by atoms with van der Waals surface area (Å²) in [4.78, 5) is 0. The maximum atomic E-state index is 9.77. The van der Waals surface area contributed by atoms with Crippen LogP contribution in [-0.2, 0) is 0 Å². The van der Waals surface area contributed by atoms with Gasteiger partial charge in [0.2, 0.25) is 5.75 Å². The highest BCUT2D eigenvalue weighted by Gasteiger charge is 2.17. The van der Waals surface area contributed by atoms with Crippen LogP contribution < -0.4 is 20.9 Å². The molecule has 0 aliphatic heterocycles. The van der Waals surface area contributed by atoms with Crippen molar-refractivity contribution >= 4 is 0 Å². The van der Waals surface area contributed by atoms with Crippen molar-refractivity contribution in [3.8, 4) is 17.2 Å². The van der Waals surface area contributed by atoms with Gasteiger partial charge in [0.25, 0.3) is 0 Å². The number of aromatic hydroxyl groups is 1. The van der Waals surface area contributed by atoms with Crippen molar-refractivity contribution in [1.29, 1.82) is 0 Å². The molecule has 0 bridgehead atoms. The summed E-state index contributed by atoms with van der Waals surface area (Å²) in [7, 11) is 2.93. The molecule has 1 rings (SSSR count). The predicted molar refractivity (Wildman–Crippen MR) is 57.2 cm³/mol. The third kappa shape index (κ3) is 2.14. The van der Waals surface area contributed by atoms with Crippen LogP contribution in [0.2, 0.25) is 0 Å². The van der Waals surface area contributed by atoms with Gasteiger partial charge in [0.15, 0.2) is 11.5 Å². The molecule has 0 fully saturated rings. The minimum atomic E-state index is -0.364. The van der Waals surface area contributed by atoms with Gasteiger partial charge in [-0.2, -0.15) is 0 Å². The molecule has 5 N–H and O–H groups in total. The molecular weight excluding hydrogens is 196 g/mol. The van der Waals surface area contributed by atoms with Gasteiger partial charge in [0, 0.05) is 18.2 Å². The van der Waals surface area contributed by atoms with E-state index in [1.54, 1.807) is 12.1 Å². The molecule has 5 nitrogen and oxygen atoms in total. The zero-order valence-electron chi connectivity index (χ0n) is 8.86. The molecule has 0 amide bonds. The van der Waals surface area contributed by atoms with E-state index in [-0.39, 0.29) is 18.3 Å². The fraction of sp³-hybridized carbons (Fsp3) is 0.400. The lowest BCUT2D eigenvalue weighted by Gasteiger charge is -2.16. The Labute approximate surface area is 88.6 Å². The van der Waals surface area contributed by atoms with Crippen LogP contribution in [-0.4, -0.2) is 25.9 Å². The Morgan fingerprint density at radius 2 is 2.00 bits per heavy atom. The Bertz CT molecular complexity index is 342. The monoisotopic (exact) mass is 212 g/mol. The molecule has 0 radical (unpaired) electrons. The smallest absolute Gasteiger partial charge is 0.201 e. The summed E-state index contributed by atoms with van der Waals surface area (Å²) in [6.45, 7) is 0.280. The van der Waals surface area contributed by atoms with Crippen LogP contribution in [0.25, 0.3) is 0 Å². The van der Waals surface area contributed by atoms with Crippen LogP contribution in [0.3, 0.4) is 0 Å². The molecule has 5 heteroatoms. The number of rotatable bonds is 4. The number of benzene rings is 1. The minimum absolute atomic E-state index is 0.0543. The van der Waals surface area contributed by atoms with Gasteiger partial charge >= 0.3 is 0 Å². The lowest BCUT2D eigenvalue weighted by molar-refractivity contribution is 0.335. The molecule has 0 aliphatic rings. The molecule has 15 heavy (non-hydrogen) atoms. The van der Waals surface area contributed by atoms with Crippen LogP contribution in [0.15, 0.2) is 12.1 Å². The summed E-state index contributed by atoms with van der Waals surface area (Å²) >= 11 is 0. The molecule has 0 aromatic heterocycles. The molecule has 0 saturated heterocycles. The Hall–Kier alpha value is -1.46. The number of methoxy groups -OCH3 is 2. The van der Waals surface area contributed by atoms with Crippen LogP contribution in [0, 0.1) is 0 Å². The van der Waals surface area contributed by atoms with E-state index in [1.165, 1.54) is 14.2 Å². The summed E-state index contributed by atoms with van der Waals surface area (Å²) in [5, 5.41) is 9.77. The lowest BCUT2D eigenvalue weighted by atomic mass is 10.1. The SMILES string of the molecule is COc1ccc([C@@H](N)CN)c(OC)c1O. The van der Waals surface area contributed by atoms with E-state index in [0.29, 0.717) is 17.1 Å². The van der Waals surface area contributed by atoms with E-state index < -0.39 is 0 Å². The average Bonchev–Trinajstić information content (AvgIpc) is 2.27. The normalized spacial score (nSPS) is 12.3. The first-order chi connectivity index (χ1) is 7.15. The molecule has 1 aromatic rings. The van der Waals surface area contributed by atoms with Crippen molar-refractivity contribution in [2.24, 2.45) is 11.5 Å². The Kier molecular flexibility index (Phi) is 3.76. The zero-order valence-corrected chi connectivity index (χ0v) is 8.86. The van der Waals surface area contributed by atoms with Crippen molar-refractivity contribution in [2.75, 3.05) is 20.8 Å². The van der Waals surface area contributed by atoms with Crippen molar-refractivity contribution < 1.29 is 14.6 Å². The Morgan fingerprint density at radius 3 is 2.47 bits per heavy atom. The maximum absolute atomic E-state index is 9.77. The molecule has 1 aromatic carbocycles. The van der Waals surface area contributed by atoms with Crippen LogP contribution in [0.1, 0.15) is 11.6 Å². The fourth-order valence-corrected chi connectivity index (χ4v) is 1.37. The average molecular weight is 212 g/mol. The summed E-state index contributed by atoms with van der Waals surface area (Å²) in [6.07, 6.45) is 0. The van der Waals surface area contributed by atoms with Crippen LogP contribution >= 0.6 is 0 Å². The standard InChI is InChI=1S/C10H16N2O3/c1-14-8-4-3-6(7(12)5-11)10(15-2)9(8)13/h3-4,7,13H,5,11-12H2,1-2H3/t7-/m0/s1. The van der Waals surface area contributed by atoms with E-state index in [4.69, 9.17) is 20.9 Å². The van der Waals surface area contributed by atoms with Gasteiger partial charge in [-0.15, -0.1) is 0 Å². The van der Waals surface area contributed by atoms with E-state index >= 15 is 0 Å². The minimum Gasteiger partial charge on any atom is -0.502 e. The summed E-state index contributed by atoms with van der Waals surface area (Å²) in [5.41, 5.74) is 11.9. The third-order valence-corrected chi connectivity index (χ3v) is 2.20. The second-order valence-electron chi connectivity index (χ2n) is 3.08. The number of phenolic OH excluding ortho intramolecular Hbond substituents is 1. The number of hydrogen-bond donors (Lipinski definition) is 3. The van der Waals surface area contributed by atoms with Crippen molar-refractivity contribution in [1.82, 2.24) is 0 Å². The van der Waals surface area contributed by atoms with Gasteiger partial charge in [-0.3, -0.25) is 0 Å². The lowest BCUT2D eigenvalue weighted by Crippen LogP contribution is -2.21. The van der Waals surface area contributed by atoms with Gasteiger partial charge in [-0.1, -0.05) is 0 Å². The summed E-state index contributed by atoms with van der Waals surface area (Å²) in [5.74, 6) is 0.605. The number of nitrogens with two attached hydrogens (primary N) is 2. The van der Waals surface area contributed by atoms with Crippen LogP contribution in [0.5, 0.6) is 17.2 Å². The molecule has 0 spiro atoms. The maximum Gasteiger partial charge on any atom is 0.201 e. The Balaban J connectivity index is 3.24. The van der Waals surface area contributed by atoms with Crippen molar-refractivity contribution in [3.63, 3.8) is 0 Å². The van der Waals surface area contributed by atoms with E-state index in [9.17, 15) is 5.11 Å². The second-order valence-corrected chi connectivity index (χ2v) is 3.08. The van der Waals surface area contributed by atoms with E-state index in [2.05, 4.69) is 0 Å². The Morgan fingerprint density at radius 1 is 1.33 bits per heavy atom. The quantitative estimate of drug-likeness (QED) is 0.670. The topological polar surface area (TPSA) is 90.7 Å². The number of hydrogen-bond acceptors (Lipinski definition) is 5. The molecule has 0 aliphatic carbocycles. The van der Waals surface area contributed by atoms with Gasteiger partial charge in [0.05, 0.1) is 14.2 Å². The van der Waals surface area contributed by atoms with Crippen molar-refractivity contribution in [2.45, 2.75) is 6.04 Å². The predicted octanol–water partition coefficient (Wildman–Crippen LogP) is 0.368. The van der Waals surface area contributed by atoms with Gasteiger partial charge < -0.3 is 26.0 Å². The van der Waals surface area contributed by atoms with Crippen molar-refractivity contribution in [3.05, 3.63) is 17.7 Å². The largest absolute Gasteiger partial charge is 0.502 e. The number of phenols is 1. The third-order valence-electron chi connectivity index (χ3n) is 2.20. The van der Waals surface area contributed by atoms with Crippen LogP contribution in [0.4, 0.5) is 0 Å². The molecule has 1 atom stereocenters. The first kappa shape index (κ1) is 11.6. The highest BCUT2D eigenvalue weighted by Crippen LogP contribution is 2.40. The second kappa shape index (κ2) is 4.86. The van der Waals surface area contributed by atoms with E-state index in [0.717, 1.165) is 0 Å². The number of ether oxygens (including phenoxy) is 2.